The minimum absolute atomic E-state index is 0.0727. The standard InChI is InChI=1S/C27H29N5O7S/c1-3-39-24(34)14-11-19-7-5-15-28-25(19)31-23(33)17-29-26(35)20-6-4-8-21(16-20)30-27(36)32-40(37,38)22-12-9-18(2)10-13-22/h4-10,12-13,15-16H,3,11,14,17H2,1-2H3,(H,29,35)(H,28,31,33)(H2,30,32,36). The van der Waals surface area contributed by atoms with Crippen molar-refractivity contribution in [1.82, 2.24) is 15.0 Å². The smallest absolute Gasteiger partial charge is 0.333 e. The van der Waals surface area contributed by atoms with Crippen LogP contribution in [0.15, 0.2) is 71.8 Å². The van der Waals surface area contributed by atoms with Crippen LogP contribution in [0.4, 0.5) is 16.3 Å². The Morgan fingerprint density at radius 1 is 0.950 bits per heavy atom. The van der Waals surface area contributed by atoms with Crippen molar-refractivity contribution in [3.63, 3.8) is 0 Å². The van der Waals surface area contributed by atoms with Gasteiger partial charge in [0.05, 0.1) is 18.0 Å². The van der Waals surface area contributed by atoms with Crippen LogP contribution in [0.5, 0.6) is 0 Å². The number of carbonyl (C=O) groups excluding carboxylic acids is 4. The molecule has 12 nitrogen and oxygen atoms in total. The fourth-order valence-corrected chi connectivity index (χ4v) is 4.36. The number of hydrogen-bond acceptors (Lipinski definition) is 8. The second-order valence-electron chi connectivity index (χ2n) is 8.50. The van der Waals surface area contributed by atoms with Crippen LogP contribution in [0.2, 0.25) is 0 Å². The summed E-state index contributed by atoms with van der Waals surface area (Å²) >= 11 is 0. The van der Waals surface area contributed by atoms with E-state index in [2.05, 4.69) is 20.9 Å². The summed E-state index contributed by atoms with van der Waals surface area (Å²) in [4.78, 5) is 53.0. The van der Waals surface area contributed by atoms with Gasteiger partial charge < -0.3 is 20.7 Å². The monoisotopic (exact) mass is 567 g/mol. The van der Waals surface area contributed by atoms with E-state index in [0.717, 1.165) is 5.56 Å². The number of esters is 1. The minimum atomic E-state index is -4.09. The highest BCUT2D eigenvalue weighted by Gasteiger charge is 2.18. The van der Waals surface area contributed by atoms with E-state index in [9.17, 15) is 27.6 Å². The second-order valence-corrected chi connectivity index (χ2v) is 10.2. The summed E-state index contributed by atoms with van der Waals surface area (Å²) in [6, 6.07) is 14.1. The topological polar surface area (TPSA) is 173 Å². The molecule has 3 aromatic rings. The SMILES string of the molecule is CCOC(=O)CCc1cccnc1NC(=O)CNC(=O)c1cccc(NC(=O)NS(=O)(=O)c2ccc(C)cc2)c1. The number of pyridine rings is 1. The number of nitrogens with zero attached hydrogens (tertiary/aromatic N) is 1. The number of rotatable bonds is 11. The Hall–Kier alpha value is -4.78. The minimum Gasteiger partial charge on any atom is -0.466 e. The molecule has 0 unspecified atom stereocenters. The highest BCUT2D eigenvalue weighted by Crippen LogP contribution is 2.15. The van der Waals surface area contributed by atoms with E-state index in [0.29, 0.717) is 12.0 Å². The fourth-order valence-electron chi connectivity index (χ4n) is 3.45. The zero-order valence-corrected chi connectivity index (χ0v) is 22.7. The van der Waals surface area contributed by atoms with Gasteiger partial charge in [0.15, 0.2) is 0 Å². The molecule has 4 N–H and O–H groups in total. The van der Waals surface area contributed by atoms with Gasteiger partial charge in [-0.2, -0.15) is 0 Å². The maximum atomic E-state index is 12.6. The Labute approximate surface area is 231 Å². The number of ether oxygens (including phenoxy) is 1. The Bertz CT molecular complexity index is 1490. The molecule has 4 amide bonds. The van der Waals surface area contributed by atoms with Gasteiger partial charge in [-0.3, -0.25) is 14.4 Å². The second kappa shape index (κ2) is 13.8. The number of aryl methyl sites for hydroxylation is 2. The summed E-state index contributed by atoms with van der Waals surface area (Å²) in [5.41, 5.74) is 1.79. The first-order valence-electron chi connectivity index (χ1n) is 12.3. The number of sulfonamides is 1. The third-order valence-corrected chi connectivity index (χ3v) is 6.75. The van der Waals surface area contributed by atoms with Crippen LogP contribution in [0, 0.1) is 6.92 Å². The lowest BCUT2D eigenvalue weighted by Gasteiger charge is -2.11. The highest BCUT2D eigenvalue weighted by molar-refractivity contribution is 7.90. The van der Waals surface area contributed by atoms with Gasteiger partial charge in [0.25, 0.3) is 15.9 Å². The van der Waals surface area contributed by atoms with Gasteiger partial charge in [-0.15, -0.1) is 0 Å². The molecule has 2 aromatic carbocycles. The van der Waals surface area contributed by atoms with E-state index in [1.54, 1.807) is 38.1 Å². The summed E-state index contributed by atoms with van der Waals surface area (Å²) < 4.78 is 31.7. The lowest BCUT2D eigenvalue weighted by Crippen LogP contribution is -2.34. The molecular weight excluding hydrogens is 538 g/mol. The maximum Gasteiger partial charge on any atom is 0.333 e. The zero-order valence-electron chi connectivity index (χ0n) is 21.9. The van der Waals surface area contributed by atoms with Crippen LogP contribution in [-0.2, 0) is 30.8 Å². The molecule has 0 bridgehead atoms. The molecule has 3 rings (SSSR count). The van der Waals surface area contributed by atoms with Crippen molar-refractivity contribution in [2.24, 2.45) is 0 Å². The molecule has 0 aliphatic rings. The van der Waals surface area contributed by atoms with E-state index < -0.39 is 27.9 Å². The number of aromatic nitrogens is 1. The van der Waals surface area contributed by atoms with Gasteiger partial charge >= 0.3 is 12.0 Å². The Morgan fingerprint density at radius 3 is 2.42 bits per heavy atom. The molecule has 210 valence electrons. The van der Waals surface area contributed by atoms with Crippen LogP contribution in [-0.4, -0.2) is 50.4 Å². The highest BCUT2D eigenvalue weighted by atomic mass is 32.2. The molecule has 0 fully saturated rings. The first-order valence-corrected chi connectivity index (χ1v) is 13.7. The van der Waals surface area contributed by atoms with E-state index in [1.165, 1.54) is 42.6 Å². The molecule has 0 saturated carbocycles. The number of anilines is 2. The summed E-state index contributed by atoms with van der Waals surface area (Å²) in [7, 11) is -4.09. The molecule has 0 spiro atoms. The maximum absolute atomic E-state index is 12.6. The lowest BCUT2D eigenvalue weighted by molar-refractivity contribution is -0.143. The molecule has 1 heterocycles. The van der Waals surface area contributed by atoms with Crippen LogP contribution in [0.3, 0.4) is 0 Å². The Kier molecular flexibility index (Phi) is 10.3. The molecule has 0 saturated heterocycles. The third kappa shape index (κ3) is 8.91. The van der Waals surface area contributed by atoms with E-state index in [4.69, 9.17) is 4.74 Å². The van der Waals surface area contributed by atoms with Crippen molar-refractivity contribution in [1.29, 1.82) is 0 Å². The van der Waals surface area contributed by atoms with Gasteiger partial charge in [-0.1, -0.05) is 29.8 Å². The average molecular weight is 568 g/mol. The quantitative estimate of drug-likeness (QED) is 0.256. The van der Waals surface area contributed by atoms with Gasteiger partial charge in [0, 0.05) is 23.9 Å². The van der Waals surface area contributed by atoms with Gasteiger partial charge in [0.1, 0.15) is 5.82 Å². The van der Waals surface area contributed by atoms with Crippen LogP contribution < -0.4 is 20.7 Å². The Balaban J connectivity index is 1.54. The molecular formula is C27H29N5O7S. The van der Waals surface area contributed by atoms with Crippen molar-refractivity contribution < 1.29 is 32.3 Å². The van der Waals surface area contributed by atoms with Crippen molar-refractivity contribution in [3.05, 3.63) is 83.6 Å². The number of benzene rings is 2. The summed E-state index contributed by atoms with van der Waals surface area (Å²) in [5, 5.41) is 7.46. The van der Waals surface area contributed by atoms with Gasteiger partial charge in [-0.25, -0.2) is 22.9 Å². The molecule has 40 heavy (non-hydrogen) atoms. The van der Waals surface area contributed by atoms with Gasteiger partial charge in [0.2, 0.25) is 5.91 Å². The normalized spacial score (nSPS) is 10.8. The fraction of sp³-hybridized carbons (Fsp3) is 0.222. The largest absolute Gasteiger partial charge is 0.466 e. The van der Waals surface area contributed by atoms with Crippen LogP contribution >= 0.6 is 0 Å². The molecule has 0 atom stereocenters. The number of carbonyl (C=O) groups is 4. The molecule has 1 aromatic heterocycles. The number of urea groups is 1. The third-order valence-electron chi connectivity index (χ3n) is 5.40. The summed E-state index contributed by atoms with van der Waals surface area (Å²) in [6.45, 7) is 3.42. The zero-order chi connectivity index (χ0) is 29.1. The van der Waals surface area contributed by atoms with Crippen molar-refractivity contribution in [2.45, 2.75) is 31.6 Å². The van der Waals surface area contributed by atoms with Crippen molar-refractivity contribution in [2.75, 3.05) is 23.8 Å². The molecule has 0 radical (unpaired) electrons. The molecule has 0 aliphatic carbocycles. The predicted molar refractivity (Wildman–Crippen MR) is 147 cm³/mol. The van der Waals surface area contributed by atoms with Crippen molar-refractivity contribution in [3.8, 4) is 0 Å². The van der Waals surface area contributed by atoms with Gasteiger partial charge in [-0.05, 0) is 62.2 Å². The summed E-state index contributed by atoms with van der Waals surface area (Å²) in [6.07, 6.45) is 1.93. The first-order chi connectivity index (χ1) is 19.1. The number of amides is 4. The van der Waals surface area contributed by atoms with Crippen LogP contribution in [0.25, 0.3) is 0 Å². The van der Waals surface area contributed by atoms with E-state index in [1.807, 2.05) is 4.72 Å². The van der Waals surface area contributed by atoms with Crippen molar-refractivity contribution >= 4 is 45.3 Å². The molecule has 0 aliphatic heterocycles. The lowest BCUT2D eigenvalue weighted by atomic mass is 10.1. The first kappa shape index (κ1) is 29.8. The predicted octanol–water partition coefficient (Wildman–Crippen LogP) is 2.76. The van der Waals surface area contributed by atoms with E-state index >= 15 is 0 Å². The number of nitrogens with one attached hydrogen (secondary N) is 4. The Morgan fingerprint density at radius 2 is 1.70 bits per heavy atom. The average Bonchev–Trinajstić information content (AvgIpc) is 2.91. The molecule has 13 heteroatoms. The number of hydrogen-bond donors (Lipinski definition) is 4. The van der Waals surface area contributed by atoms with Crippen LogP contribution in [0.1, 0.15) is 34.8 Å². The summed E-state index contributed by atoms with van der Waals surface area (Å²) in [5.74, 6) is -1.24. The van der Waals surface area contributed by atoms with E-state index in [-0.39, 0.29) is 47.5 Å².